The van der Waals surface area contributed by atoms with E-state index in [9.17, 15) is 10.5 Å². The van der Waals surface area contributed by atoms with E-state index < -0.39 is 0 Å². The number of fused-ring (bicyclic) bond motifs is 4. The molecule has 5 aromatic carbocycles. The maximum absolute atomic E-state index is 10.0. The molecule has 0 fully saturated rings. The molecule has 0 radical (unpaired) electrons. The molecule has 7 rings (SSSR count). The van der Waals surface area contributed by atoms with Crippen molar-refractivity contribution in [3.63, 3.8) is 0 Å². The first-order chi connectivity index (χ1) is 18.8. The van der Waals surface area contributed by atoms with Gasteiger partial charge >= 0.3 is 0 Å². The molecule has 2 aliphatic rings. The second-order valence-electron chi connectivity index (χ2n) is 8.86. The Morgan fingerprint density at radius 1 is 0.421 bits per heavy atom. The third-order valence-corrected chi connectivity index (χ3v) is 8.96. The fourth-order valence-corrected chi connectivity index (χ4v) is 7.16. The van der Waals surface area contributed by atoms with Crippen LogP contribution in [0.2, 0.25) is 0 Å². The van der Waals surface area contributed by atoms with Crippen molar-refractivity contribution < 1.29 is 0 Å². The number of hydrogen-bond donors (Lipinski definition) is 0. The van der Waals surface area contributed by atoms with E-state index in [0.717, 1.165) is 53.7 Å². The number of benzene rings is 5. The normalized spacial score (nSPS) is 12.9. The van der Waals surface area contributed by atoms with Gasteiger partial charge in [-0.1, -0.05) is 72.1 Å². The lowest BCUT2D eigenvalue weighted by Gasteiger charge is -2.38. The molecule has 0 aliphatic carbocycles. The van der Waals surface area contributed by atoms with Crippen LogP contribution in [0.3, 0.4) is 0 Å². The van der Waals surface area contributed by atoms with Gasteiger partial charge in [-0.25, -0.2) is 0 Å². The van der Waals surface area contributed by atoms with E-state index in [-0.39, 0.29) is 0 Å². The maximum Gasteiger partial charge on any atom is 0.101 e. The van der Waals surface area contributed by atoms with Crippen molar-refractivity contribution in [3.8, 4) is 12.1 Å². The van der Waals surface area contributed by atoms with E-state index >= 15 is 0 Å². The lowest BCUT2D eigenvalue weighted by Crippen LogP contribution is -2.21. The van der Waals surface area contributed by atoms with Crippen LogP contribution < -0.4 is 9.80 Å². The fourth-order valence-electron chi connectivity index (χ4n) is 5.05. The summed E-state index contributed by atoms with van der Waals surface area (Å²) in [6, 6.07) is 41.6. The van der Waals surface area contributed by atoms with Gasteiger partial charge < -0.3 is 9.80 Å². The summed E-state index contributed by atoms with van der Waals surface area (Å²) in [4.78, 5) is 8.99. The second kappa shape index (κ2) is 9.04. The summed E-state index contributed by atoms with van der Waals surface area (Å²) in [5.41, 5.74) is 6.56. The number of hydrogen-bond acceptors (Lipinski definition) is 6. The van der Waals surface area contributed by atoms with Gasteiger partial charge in [0.1, 0.15) is 12.1 Å². The molecule has 0 bridgehead atoms. The Morgan fingerprint density at radius 2 is 0.711 bits per heavy atom. The zero-order chi connectivity index (χ0) is 25.6. The Morgan fingerprint density at radius 3 is 1.00 bits per heavy atom. The standard InChI is InChI=1S/C32H18N4S2/c33-19-21-17-27(35-23-9-1-5-13-29(23)37-30-14-6-2-10-24(30)35)28(18-22(21)20-34)36-25-11-3-7-15-31(25)38-32-16-8-4-12-26(32)36/h1-18H. The molecule has 4 nitrogen and oxygen atoms in total. The lowest BCUT2D eigenvalue weighted by molar-refractivity contribution is 1.12. The molecule has 2 heterocycles. The first kappa shape index (κ1) is 22.6. The smallest absolute Gasteiger partial charge is 0.101 e. The summed E-state index contributed by atoms with van der Waals surface area (Å²) < 4.78 is 0. The average Bonchev–Trinajstić information content (AvgIpc) is 2.98. The van der Waals surface area contributed by atoms with Gasteiger partial charge in [-0.2, -0.15) is 10.5 Å². The minimum Gasteiger partial charge on any atom is -0.306 e. The van der Waals surface area contributed by atoms with Gasteiger partial charge in [0.15, 0.2) is 0 Å². The fraction of sp³-hybridized carbons (Fsp3) is 0. The van der Waals surface area contributed by atoms with E-state index in [1.54, 1.807) is 23.5 Å². The number of rotatable bonds is 2. The molecule has 0 aromatic heterocycles. The van der Waals surface area contributed by atoms with Crippen LogP contribution in [0.15, 0.2) is 129 Å². The minimum atomic E-state index is 0.354. The number of nitriles is 2. The van der Waals surface area contributed by atoms with Crippen molar-refractivity contribution in [1.29, 1.82) is 10.5 Å². The monoisotopic (exact) mass is 522 g/mol. The van der Waals surface area contributed by atoms with Gasteiger partial charge in [0.05, 0.1) is 45.3 Å². The van der Waals surface area contributed by atoms with Gasteiger partial charge in [-0.05, 0) is 60.7 Å². The predicted molar refractivity (Wildman–Crippen MR) is 153 cm³/mol. The van der Waals surface area contributed by atoms with Gasteiger partial charge in [0.25, 0.3) is 0 Å². The van der Waals surface area contributed by atoms with Gasteiger partial charge in [-0.15, -0.1) is 0 Å². The molecule has 0 N–H and O–H groups in total. The van der Waals surface area contributed by atoms with E-state index in [0.29, 0.717) is 11.1 Å². The zero-order valence-electron chi connectivity index (χ0n) is 20.0. The van der Waals surface area contributed by atoms with Crippen LogP contribution in [0, 0.1) is 22.7 Å². The number of nitrogens with zero attached hydrogens (tertiary/aromatic N) is 4. The van der Waals surface area contributed by atoms with Crippen LogP contribution in [0.5, 0.6) is 0 Å². The Hall–Kier alpha value is -4.62. The van der Waals surface area contributed by atoms with E-state index in [4.69, 9.17) is 0 Å². The summed E-state index contributed by atoms with van der Waals surface area (Å²) in [6.07, 6.45) is 0. The van der Waals surface area contributed by atoms with Gasteiger partial charge in [0.2, 0.25) is 0 Å². The zero-order valence-corrected chi connectivity index (χ0v) is 21.6. The van der Waals surface area contributed by atoms with Crippen LogP contribution in [0.4, 0.5) is 34.1 Å². The van der Waals surface area contributed by atoms with Crippen LogP contribution in [-0.4, -0.2) is 0 Å². The molecule has 0 unspecified atom stereocenters. The summed E-state index contributed by atoms with van der Waals surface area (Å²) in [6.45, 7) is 0. The minimum absolute atomic E-state index is 0.354. The van der Waals surface area contributed by atoms with Gasteiger partial charge in [-0.3, -0.25) is 0 Å². The molecule has 6 heteroatoms. The van der Waals surface area contributed by atoms with Crippen LogP contribution in [0.1, 0.15) is 11.1 Å². The molecule has 38 heavy (non-hydrogen) atoms. The first-order valence-electron chi connectivity index (χ1n) is 12.1. The molecule has 0 saturated heterocycles. The van der Waals surface area contributed by atoms with E-state index in [1.807, 2.05) is 60.7 Å². The van der Waals surface area contributed by atoms with Crippen LogP contribution in [-0.2, 0) is 0 Å². The van der Waals surface area contributed by atoms with Crippen molar-refractivity contribution >= 4 is 57.6 Å². The summed E-state index contributed by atoms with van der Waals surface area (Å²) in [5, 5.41) is 20.1. The highest BCUT2D eigenvalue weighted by Crippen LogP contribution is 2.57. The third-order valence-electron chi connectivity index (χ3n) is 6.70. The average molecular weight is 523 g/mol. The highest BCUT2D eigenvalue weighted by atomic mass is 32.2. The van der Waals surface area contributed by atoms with Gasteiger partial charge in [0, 0.05) is 19.6 Å². The Kier molecular flexibility index (Phi) is 5.37. The largest absolute Gasteiger partial charge is 0.306 e. The third kappa shape index (κ3) is 3.47. The molecule has 0 atom stereocenters. The summed E-state index contributed by atoms with van der Waals surface area (Å²) in [5.74, 6) is 0. The molecular formula is C32H18N4S2. The first-order valence-corrected chi connectivity index (χ1v) is 13.7. The van der Waals surface area contributed by atoms with Crippen molar-refractivity contribution in [2.45, 2.75) is 19.6 Å². The number of para-hydroxylation sites is 4. The molecular weight excluding hydrogens is 505 g/mol. The summed E-state index contributed by atoms with van der Waals surface area (Å²) in [7, 11) is 0. The van der Waals surface area contributed by atoms with E-state index in [2.05, 4.69) is 70.5 Å². The second-order valence-corrected chi connectivity index (χ2v) is 11.0. The highest BCUT2D eigenvalue weighted by molar-refractivity contribution is 8.00. The Balaban J connectivity index is 1.58. The van der Waals surface area contributed by atoms with Crippen LogP contribution in [0.25, 0.3) is 0 Å². The summed E-state index contributed by atoms with van der Waals surface area (Å²) >= 11 is 3.48. The van der Waals surface area contributed by atoms with Crippen molar-refractivity contribution in [3.05, 3.63) is 120 Å². The lowest BCUT2D eigenvalue weighted by atomic mass is 10.0. The molecule has 0 amide bonds. The Labute approximate surface area is 229 Å². The predicted octanol–water partition coefficient (Wildman–Crippen LogP) is 9.30. The van der Waals surface area contributed by atoms with Crippen molar-refractivity contribution in [1.82, 2.24) is 0 Å². The van der Waals surface area contributed by atoms with Crippen molar-refractivity contribution in [2.24, 2.45) is 0 Å². The molecule has 178 valence electrons. The molecule has 0 spiro atoms. The van der Waals surface area contributed by atoms with Crippen molar-refractivity contribution in [2.75, 3.05) is 9.80 Å². The molecule has 0 saturated carbocycles. The maximum atomic E-state index is 10.0. The topological polar surface area (TPSA) is 54.1 Å². The SMILES string of the molecule is N#Cc1cc(N2c3ccccc3Sc3ccccc32)c(N2c3ccccc3Sc3ccccc32)cc1C#N. The van der Waals surface area contributed by atoms with E-state index in [1.165, 1.54) is 0 Å². The number of anilines is 6. The highest BCUT2D eigenvalue weighted by Gasteiger charge is 2.32. The molecule has 2 aliphatic heterocycles. The quantitative estimate of drug-likeness (QED) is 0.225. The van der Waals surface area contributed by atoms with Crippen LogP contribution >= 0.6 is 23.5 Å². The molecule has 5 aromatic rings. The Bertz CT molecular complexity index is 1610.